The van der Waals surface area contributed by atoms with Crippen LogP contribution in [0.4, 0.5) is 10.7 Å². The Bertz CT molecular complexity index is 1650. The Hall–Kier alpha value is -4.80. The molecule has 11 heteroatoms. The topological polar surface area (TPSA) is 135 Å². The molecule has 1 fully saturated rings. The van der Waals surface area contributed by atoms with Gasteiger partial charge >= 0.3 is 6.09 Å². The van der Waals surface area contributed by atoms with Crippen LogP contribution in [-0.4, -0.2) is 59.7 Å². The SMILES string of the molecule is Cc1nc(-c2ccc3c(-c4nc(N[C@@H]5CC[C@@H](C)N(C(=O)OCc6ccccc6)C5)ncc4C)c[nH]c3n2)no1. The number of nitrogens with zero attached hydrogens (tertiary/aromatic N) is 6. The zero-order chi connectivity index (χ0) is 27.6. The van der Waals surface area contributed by atoms with E-state index in [9.17, 15) is 4.79 Å². The second-order valence-electron chi connectivity index (χ2n) is 10.1. The summed E-state index contributed by atoms with van der Waals surface area (Å²) in [4.78, 5) is 36.3. The molecule has 0 saturated carbocycles. The lowest BCUT2D eigenvalue weighted by Gasteiger charge is -2.37. The number of hydrogen-bond donors (Lipinski definition) is 2. The van der Waals surface area contributed by atoms with Gasteiger partial charge in [-0.1, -0.05) is 35.5 Å². The first-order chi connectivity index (χ1) is 19.4. The number of rotatable bonds is 6. The molecule has 0 bridgehead atoms. The highest BCUT2D eigenvalue weighted by atomic mass is 16.6. The van der Waals surface area contributed by atoms with E-state index in [1.165, 1.54) is 0 Å². The maximum absolute atomic E-state index is 12.9. The van der Waals surface area contributed by atoms with E-state index in [4.69, 9.17) is 14.2 Å². The van der Waals surface area contributed by atoms with Crippen LogP contribution in [0.3, 0.4) is 0 Å². The number of aromatic amines is 1. The number of H-pyrrole nitrogens is 1. The Morgan fingerprint density at radius 2 is 1.98 bits per heavy atom. The fourth-order valence-corrected chi connectivity index (χ4v) is 4.98. The molecule has 0 unspecified atom stereocenters. The number of hydrogen-bond acceptors (Lipinski definition) is 9. The van der Waals surface area contributed by atoms with Crippen LogP contribution in [0, 0.1) is 13.8 Å². The van der Waals surface area contributed by atoms with Gasteiger partial charge in [-0.05, 0) is 49.9 Å². The fourth-order valence-electron chi connectivity index (χ4n) is 4.98. The Balaban J connectivity index is 1.17. The largest absolute Gasteiger partial charge is 0.445 e. The van der Waals surface area contributed by atoms with Gasteiger partial charge in [0.1, 0.15) is 17.9 Å². The van der Waals surface area contributed by atoms with E-state index in [0.717, 1.165) is 40.6 Å². The Kier molecular flexibility index (Phi) is 6.85. The lowest BCUT2D eigenvalue weighted by atomic mass is 10.00. The third-order valence-electron chi connectivity index (χ3n) is 7.18. The van der Waals surface area contributed by atoms with Crippen LogP contribution in [0.5, 0.6) is 0 Å². The summed E-state index contributed by atoms with van der Waals surface area (Å²) in [5.74, 6) is 1.44. The monoisotopic (exact) mass is 538 g/mol. The number of pyridine rings is 1. The van der Waals surface area contributed by atoms with Gasteiger partial charge in [0.25, 0.3) is 0 Å². The highest BCUT2D eigenvalue weighted by Gasteiger charge is 2.30. The van der Waals surface area contributed by atoms with Crippen LogP contribution < -0.4 is 5.32 Å². The van der Waals surface area contributed by atoms with E-state index < -0.39 is 0 Å². The molecular weight excluding hydrogens is 508 g/mol. The van der Waals surface area contributed by atoms with Crippen molar-refractivity contribution < 1.29 is 14.1 Å². The van der Waals surface area contributed by atoms with E-state index in [-0.39, 0.29) is 24.8 Å². The van der Waals surface area contributed by atoms with Gasteiger partial charge in [-0.2, -0.15) is 4.98 Å². The van der Waals surface area contributed by atoms with E-state index >= 15 is 0 Å². The lowest BCUT2D eigenvalue weighted by Crippen LogP contribution is -2.50. The number of aromatic nitrogens is 6. The van der Waals surface area contributed by atoms with E-state index in [2.05, 4.69) is 37.3 Å². The quantitative estimate of drug-likeness (QED) is 0.296. The van der Waals surface area contributed by atoms with Crippen molar-refractivity contribution in [2.45, 2.75) is 52.3 Å². The maximum Gasteiger partial charge on any atom is 0.410 e. The van der Waals surface area contributed by atoms with Crippen LogP contribution in [0.25, 0.3) is 33.8 Å². The molecule has 6 rings (SSSR count). The van der Waals surface area contributed by atoms with Crippen molar-refractivity contribution >= 4 is 23.1 Å². The third-order valence-corrected chi connectivity index (χ3v) is 7.18. The smallest absolute Gasteiger partial charge is 0.410 e. The number of ether oxygens (including phenoxy) is 1. The third kappa shape index (κ3) is 5.22. The summed E-state index contributed by atoms with van der Waals surface area (Å²) in [6, 6.07) is 13.6. The summed E-state index contributed by atoms with van der Waals surface area (Å²) >= 11 is 0. The molecule has 1 amide bonds. The molecule has 0 spiro atoms. The molecule has 2 N–H and O–H groups in total. The molecule has 2 atom stereocenters. The molecule has 0 aliphatic carbocycles. The number of amides is 1. The van der Waals surface area contributed by atoms with Gasteiger partial charge in [0.05, 0.1) is 5.69 Å². The summed E-state index contributed by atoms with van der Waals surface area (Å²) in [5.41, 5.74) is 4.95. The number of benzene rings is 1. The van der Waals surface area contributed by atoms with Gasteiger partial charge in [-0.3, -0.25) is 0 Å². The first kappa shape index (κ1) is 25.5. The Morgan fingerprint density at radius 1 is 1.12 bits per heavy atom. The summed E-state index contributed by atoms with van der Waals surface area (Å²) in [7, 11) is 0. The first-order valence-electron chi connectivity index (χ1n) is 13.3. The minimum Gasteiger partial charge on any atom is -0.445 e. The van der Waals surface area contributed by atoms with Crippen molar-refractivity contribution in [1.29, 1.82) is 0 Å². The van der Waals surface area contributed by atoms with Gasteiger partial charge in [0.2, 0.25) is 17.7 Å². The summed E-state index contributed by atoms with van der Waals surface area (Å²) in [5, 5.41) is 8.33. The van der Waals surface area contributed by atoms with Crippen LogP contribution >= 0.6 is 0 Å². The summed E-state index contributed by atoms with van der Waals surface area (Å²) in [6.07, 6.45) is 5.15. The van der Waals surface area contributed by atoms with Gasteiger partial charge in [-0.25, -0.2) is 19.7 Å². The number of anilines is 1. The average Bonchev–Trinajstić information content (AvgIpc) is 3.60. The second kappa shape index (κ2) is 10.8. The van der Waals surface area contributed by atoms with Crippen molar-refractivity contribution in [3.8, 4) is 22.8 Å². The predicted octanol–water partition coefficient (Wildman–Crippen LogP) is 5.29. The number of aryl methyl sites for hydroxylation is 2. The van der Waals surface area contributed by atoms with Gasteiger partial charge in [-0.15, -0.1) is 0 Å². The average molecular weight is 539 g/mol. The van der Waals surface area contributed by atoms with Crippen molar-refractivity contribution in [2.75, 3.05) is 11.9 Å². The van der Waals surface area contributed by atoms with Gasteiger partial charge in [0.15, 0.2) is 0 Å². The van der Waals surface area contributed by atoms with Crippen molar-refractivity contribution in [2.24, 2.45) is 0 Å². The molecule has 4 aromatic heterocycles. The zero-order valence-electron chi connectivity index (χ0n) is 22.6. The molecule has 1 aliphatic rings. The Labute approximate surface area is 231 Å². The van der Waals surface area contributed by atoms with Crippen LogP contribution in [0.15, 0.2) is 59.4 Å². The highest BCUT2D eigenvalue weighted by molar-refractivity contribution is 5.94. The molecule has 0 radical (unpaired) electrons. The molecule has 11 nitrogen and oxygen atoms in total. The fraction of sp³-hybridized carbons (Fsp3) is 0.310. The molecule has 5 heterocycles. The minimum absolute atomic E-state index is 0.00152. The van der Waals surface area contributed by atoms with E-state index in [1.54, 1.807) is 11.8 Å². The number of piperidine rings is 1. The van der Waals surface area contributed by atoms with E-state index in [0.29, 0.717) is 35.5 Å². The zero-order valence-corrected chi connectivity index (χ0v) is 22.6. The summed E-state index contributed by atoms with van der Waals surface area (Å²) in [6.45, 7) is 6.54. The van der Waals surface area contributed by atoms with Gasteiger partial charge in [0, 0.05) is 48.9 Å². The number of nitrogens with one attached hydrogen (secondary N) is 2. The second-order valence-corrected chi connectivity index (χ2v) is 10.1. The van der Waals surface area contributed by atoms with Crippen molar-refractivity contribution in [3.63, 3.8) is 0 Å². The molecule has 204 valence electrons. The van der Waals surface area contributed by atoms with Crippen molar-refractivity contribution in [1.82, 2.24) is 35.0 Å². The lowest BCUT2D eigenvalue weighted by molar-refractivity contribution is 0.0695. The van der Waals surface area contributed by atoms with Gasteiger partial charge < -0.3 is 24.5 Å². The molecule has 5 aromatic rings. The minimum atomic E-state index is -0.310. The van der Waals surface area contributed by atoms with Crippen LogP contribution in [-0.2, 0) is 11.3 Å². The molecule has 40 heavy (non-hydrogen) atoms. The van der Waals surface area contributed by atoms with E-state index in [1.807, 2.05) is 61.8 Å². The van der Waals surface area contributed by atoms with Crippen LogP contribution in [0.2, 0.25) is 0 Å². The number of carbonyl (C=O) groups is 1. The number of likely N-dealkylation sites (tertiary alicyclic amines) is 1. The summed E-state index contributed by atoms with van der Waals surface area (Å²) < 4.78 is 10.7. The first-order valence-corrected chi connectivity index (χ1v) is 13.3. The highest BCUT2D eigenvalue weighted by Crippen LogP contribution is 2.31. The normalized spacial score (nSPS) is 17.2. The maximum atomic E-state index is 12.9. The Morgan fingerprint density at radius 3 is 2.77 bits per heavy atom. The standard InChI is InChI=1S/C29H30N8O3/c1-17-13-31-28(33-21-10-9-18(2)37(15-21)29(38)39-16-20-7-5-4-6-8-20)35-25(17)23-14-30-26-22(23)11-12-24(34-26)27-32-19(3)40-36-27/h4-8,11-14,18,21H,9-10,15-16H2,1-3H3,(H,30,34)(H,31,33,35)/t18-,21-/m1/s1. The molecule has 1 aliphatic heterocycles. The predicted molar refractivity (Wildman–Crippen MR) is 149 cm³/mol. The van der Waals surface area contributed by atoms with Crippen molar-refractivity contribution in [3.05, 3.63) is 71.9 Å². The number of fused-ring (bicyclic) bond motifs is 1. The molecule has 1 saturated heterocycles. The molecule has 1 aromatic carbocycles. The molecular formula is C29H30N8O3. The van der Waals surface area contributed by atoms with Crippen LogP contribution in [0.1, 0.15) is 36.8 Å². The number of carbonyl (C=O) groups excluding carboxylic acids is 1.